The average molecular weight is 296 g/mol. The maximum absolute atomic E-state index is 5.80. The molecule has 5 heteroatoms. The minimum atomic E-state index is 0. The molecule has 1 heterocycles. The molecule has 3 nitrogen and oxygen atoms in total. The fraction of sp³-hybridized carbons (Fsp3) is 0.0714. The van der Waals surface area contributed by atoms with Crippen molar-refractivity contribution in [2.24, 2.45) is 7.05 Å². The first kappa shape index (κ1) is 15.3. The fourth-order valence-corrected chi connectivity index (χ4v) is 2.08. The van der Waals surface area contributed by atoms with E-state index >= 15 is 0 Å². The molecule has 2 aromatic carbocycles. The quantitative estimate of drug-likeness (QED) is 0.696. The lowest BCUT2D eigenvalue weighted by atomic mass is 10.2. The van der Waals surface area contributed by atoms with Gasteiger partial charge in [0.15, 0.2) is 0 Å². The van der Waals surface area contributed by atoms with Gasteiger partial charge in [0.2, 0.25) is 0 Å². The van der Waals surface area contributed by atoms with Gasteiger partial charge in [-0.1, -0.05) is 24.3 Å². The van der Waals surface area contributed by atoms with E-state index in [4.69, 9.17) is 5.73 Å². The topological polar surface area (TPSA) is 43.8 Å². The molecule has 100 valence electrons. The highest BCUT2D eigenvalue weighted by atomic mass is 35.5. The van der Waals surface area contributed by atoms with E-state index in [9.17, 15) is 0 Å². The number of nitrogens with zero attached hydrogens (tertiary/aromatic N) is 2. The molecular formula is C14H15Cl2N3. The Morgan fingerprint density at radius 3 is 2.42 bits per heavy atom. The highest BCUT2D eigenvalue weighted by molar-refractivity contribution is 5.85. The summed E-state index contributed by atoms with van der Waals surface area (Å²) in [4.78, 5) is 4.63. The molecule has 0 fully saturated rings. The molecular weight excluding hydrogens is 281 g/mol. The molecule has 0 aliphatic carbocycles. The molecule has 3 rings (SSSR count). The van der Waals surface area contributed by atoms with E-state index in [2.05, 4.69) is 15.6 Å². The predicted octanol–water partition coefficient (Wildman–Crippen LogP) is 3.67. The fourth-order valence-electron chi connectivity index (χ4n) is 2.08. The van der Waals surface area contributed by atoms with Gasteiger partial charge in [0.05, 0.1) is 11.0 Å². The van der Waals surface area contributed by atoms with Crippen LogP contribution < -0.4 is 5.73 Å². The molecule has 0 atom stereocenters. The molecule has 0 saturated carbocycles. The zero-order valence-electron chi connectivity index (χ0n) is 10.4. The Bertz CT molecular complexity index is 692. The van der Waals surface area contributed by atoms with Gasteiger partial charge in [0, 0.05) is 18.3 Å². The number of fused-ring (bicyclic) bond motifs is 1. The molecule has 0 saturated heterocycles. The Kier molecular flexibility index (Phi) is 4.81. The zero-order chi connectivity index (χ0) is 11.8. The number of anilines is 1. The molecule has 0 aliphatic rings. The summed E-state index contributed by atoms with van der Waals surface area (Å²) in [5, 5.41) is 0. The minimum Gasteiger partial charge on any atom is -0.399 e. The van der Waals surface area contributed by atoms with Gasteiger partial charge >= 0.3 is 0 Å². The van der Waals surface area contributed by atoms with Crippen LogP contribution in [0.25, 0.3) is 22.4 Å². The zero-order valence-corrected chi connectivity index (χ0v) is 12.0. The van der Waals surface area contributed by atoms with Crippen molar-refractivity contribution in [1.29, 1.82) is 0 Å². The Morgan fingerprint density at radius 1 is 1.00 bits per heavy atom. The maximum atomic E-state index is 5.80. The van der Waals surface area contributed by atoms with Crippen LogP contribution in [0, 0.1) is 0 Å². The highest BCUT2D eigenvalue weighted by Crippen LogP contribution is 2.24. The van der Waals surface area contributed by atoms with Crippen LogP contribution in [-0.4, -0.2) is 9.55 Å². The molecule has 2 N–H and O–H groups in total. The number of nitrogen functional groups attached to an aromatic ring is 1. The van der Waals surface area contributed by atoms with Crippen LogP contribution in [0.3, 0.4) is 0 Å². The molecule has 0 amide bonds. The van der Waals surface area contributed by atoms with Crippen LogP contribution in [-0.2, 0) is 7.05 Å². The van der Waals surface area contributed by atoms with Crippen LogP contribution in [0.2, 0.25) is 0 Å². The third kappa shape index (κ3) is 2.67. The van der Waals surface area contributed by atoms with Crippen molar-refractivity contribution in [2.45, 2.75) is 0 Å². The van der Waals surface area contributed by atoms with Gasteiger partial charge < -0.3 is 10.3 Å². The molecule has 0 aliphatic heterocycles. The lowest BCUT2D eigenvalue weighted by Crippen LogP contribution is -1.93. The number of para-hydroxylation sites is 2. The number of halogens is 2. The first-order valence-electron chi connectivity index (χ1n) is 5.53. The number of hydrogen-bond donors (Lipinski definition) is 1. The smallest absolute Gasteiger partial charge is 0.140 e. The summed E-state index contributed by atoms with van der Waals surface area (Å²) >= 11 is 0. The van der Waals surface area contributed by atoms with Crippen molar-refractivity contribution in [3.8, 4) is 11.4 Å². The molecule has 0 radical (unpaired) electrons. The van der Waals surface area contributed by atoms with Crippen molar-refractivity contribution in [1.82, 2.24) is 9.55 Å². The Balaban J connectivity index is 0.000000902. The van der Waals surface area contributed by atoms with Gasteiger partial charge in [-0.15, -0.1) is 24.8 Å². The monoisotopic (exact) mass is 295 g/mol. The molecule has 1 aromatic heterocycles. The summed E-state index contributed by atoms with van der Waals surface area (Å²) in [6.07, 6.45) is 0. The molecule has 0 spiro atoms. The summed E-state index contributed by atoms with van der Waals surface area (Å²) < 4.78 is 2.09. The second kappa shape index (κ2) is 5.95. The second-order valence-corrected chi connectivity index (χ2v) is 4.11. The predicted molar refractivity (Wildman–Crippen MR) is 85.1 cm³/mol. The Hall–Kier alpha value is -1.71. The average Bonchev–Trinajstić information content (AvgIpc) is 2.68. The number of hydrogen-bond acceptors (Lipinski definition) is 2. The third-order valence-corrected chi connectivity index (χ3v) is 2.93. The number of aromatic nitrogens is 2. The van der Waals surface area contributed by atoms with Gasteiger partial charge in [0.1, 0.15) is 5.82 Å². The number of benzene rings is 2. The van der Waals surface area contributed by atoms with Crippen LogP contribution in [0.15, 0.2) is 48.5 Å². The van der Waals surface area contributed by atoms with Crippen molar-refractivity contribution < 1.29 is 0 Å². The molecule has 19 heavy (non-hydrogen) atoms. The molecule has 0 bridgehead atoms. The molecule has 3 aromatic rings. The number of rotatable bonds is 1. The van der Waals surface area contributed by atoms with Crippen LogP contribution in [0.5, 0.6) is 0 Å². The van der Waals surface area contributed by atoms with Crippen molar-refractivity contribution in [3.63, 3.8) is 0 Å². The first-order valence-corrected chi connectivity index (χ1v) is 5.53. The summed E-state index contributed by atoms with van der Waals surface area (Å²) in [5.74, 6) is 0.943. The Labute approximate surface area is 124 Å². The van der Waals surface area contributed by atoms with Crippen LogP contribution >= 0.6 is 24.8 Å². The van der Waals surface area contributed by atoms with Gasteiger partial charge in [-0.25, -0.2) is 4.98 Å². The SMILES string of the molecule is Cl.Cl.Cn1c(-c2cccc(N)c2)nc2ccccc21. The van der Waals surface area contributed by atoms with E-state index in [1.165, 1.54) is 0 Å². The van der Waals surface area contributed by atoms with Gasteiger partial charge in [0.25, 0.3) is 0 Å². The van der Waals surface area contributed by atoms with Crippen LogP contribution in [0.4, 0.5) is 5.69 Å². The van der Waals surface area contributed by atoms with Crippen molar-refractivity contribution in [3.05, 3.63) is 48.5 Å². The van der Waals surface area contributed by atoms with E-state index in [1.54, 1.807) is 0 Å². The lowest BCUT2D eigenvalue weighted by molar-refractivity contribution is 0.959. The second-order valence-electron chi connectivity index (χ2n) is 4.11. The summed E-state index contributed by atoms with van der Waals surface area (Å²) in [6, 6.07) is 15.9. The van der Waals surface area contributed by atoms with Crippen molar-refractivity contribution >= 4 is 41.5 Å². The summed E-state index contributed by atoms with van der Waals surface area (Å²) in [5.41, 5.74) is 9.74. The van der Waals surface area contributed by atoms with E-state index < -0.39 is 0 Å². The highest BCUT2D eigenvalue weighted by Gasteiger charge is 2.08. The number of nitrogens with two attached hydrogens (primary N) is 1. The first-order chi connectivity index (χ1) is 8.25. The number of aryl methyl sites for hydroxylation is 1. The summed E-state index contributed by atoms with van der Waals surface area (Å²) in [7, 11) is 2.02. The largest absolute Gasteiger partial charge is 0.399 e. The van der Waals surface area contributed by atoms with Gasteiger partial charge in [-0.05, 0) is 24.3 Å². The van der Waals surface area contributed by atoms with E-state index in [0.717, 1.165) is 28.1 Å². The van der Waals surface area contributed by atoms with E-state index in [1.807, 2.05) is 49.5 Å². The van der Waals surface area contributed by atoms with Crippen LogP contribution in [0.1, 0.15) is 0 Å². The third-order valence-electron chi connectivity index (χ3n) is 2.93. The van der Waals surface area contributed by atoms with Gasteiger partial charge in [-0.2, -0.15) is 0 Å². The minimum absolute atomic E-state index is 0. The number of imidazole rings is 1. The summed E-state index contributed by atoms with van der Waals surface area (Å²) in [6.45, 7) is 0. The Morgan fingerprint density at radius 2 is 1.74 bits per heavy atom. The van der Waals surface area contributed by atoms with E-state index in [-0.39, 0.29) is 24.8 Å². The molecule has 0 unspecified atom stereocenters. The lowest BCUT2D eigenvalue weighted by Gasteiger charge is -2.03. The van der Waals surface area contributed by atoms with Gasteiger partial charge in [-0.3, -0.25) is 0 Å². The van der Waals surface area contributed by atoms with E-state index in [0.29, 0.717) is 0 Å². The normalized spacial score (nSPS) is 9.74. The standard InChI is InChI=1S/C14H13N3.2ClH/c1-17-13-8-3-2-7-12(13)16-14(17)10-5-4-6-11(15)9-10;;/h2-9H,15H2,1H3;2*1H. The van der Waals surface area contributed by atoms with Crippen molar-refractivity contribution in [2.75, 3.05) is 5.73 Å². The maximum Gasteiger partial charge on any atom is 0.140 e.